The van der Waals surface area contributed by atoms with Crippen molar-refractivity contribution in [2.24, 2.45) is 5.92 Å². The van der Waals surface area contributed by atoms with Gasteiger partial charge in [0.25, 0.3) is 0 Å². The van der Waals surface area contributed by atoms with Crippen LogP contribution in [0.2, 0.25) is 0 Å². The minimum absolute atomic E-state index is 0.226. The van der Waals surface area contributed by atoms with Crippen LogP contribution in [0.15, 0.2) is 18.2 Å². The van der Waals surface area contributed by atoms with Crippen LogP contribution in [0.5, 0.6) is 0 Å². The summed E-state index contributed by atoms with van der Waals surface area (Å²) in [4.78, 5) is 0. The molecule has 1 aliphatic heterocycles. The molecule has 1 aromatic carbocycles. The third kappa shape index (κ3) is 3.76. The Balaban J connectivity index is 2.21. The molecule has 1 saturated heterocycles. The average Bonchev–Trinajstić information content (AvgIpc) is 2.38. The van der Waals surface area contributed by atoms with Gasteiger partial charge in [0.05, 0.1) is 0 Å². The van der Waals surface area contributed by atoms with E-state index in [4.69, 9.17) is 4.74 Å². The number of nitrogens with one attached hydrogen (secondary N) is 1. The lowest BCUT2D eigenvalue weighted by Crippen LogP contribution is -2.43. The molecule has 20 heavy (non-hydrogen) atoms. The van der Waals surface area contributed by atoms with Crippen molar-refractivity contribution in [3.8, 4) is 0 Å². The maximum Gasteiger partial charge on any atom is 0.126 e. The Morgan fingerprint density at radius 3 is 2.30 bits per heavy atom. The molecule has 1 aliphatic rings. The molecule has 2 nitrogen and oxygen atoms in total. The van der Waals surface area contributed by atoms with Gasteiger partial charge in [0.1, 0.15) is 11.6 Å². The third-order valence-corrected chi connectivity index (χ3v) is 3.94. The zero-order chi connectivity index (χ0) is 14.6. The van der Waals surface area contributed by atoms with Crippen LogP contribution < -0.4 is 5.32 Å². The van der Waals surface area contributed by atoms with E-state index >= 15 is 0 Å². The topological polar surface area (TPSA) is 21.3 Å². The Labute approximate surface area is 119 Å². The van der Waals surface area contributed by atoms with Crippen LogP contribution in [-0.2, 0) is 10.2 Å². The lowest BCUT2D eigenvalue weighted by Gasteiger charge is -2.38. The molecular formula is C16H23F2NO. The van der Waals surface area contributed by atoms with Crippen molar-refractivity contribution in [3.05, 3.63) is 35.4 Å². The summed E-state index contributed by atoms with van der Waals surface area (Å²) in [6.45, 7) is 7.21. The standard InChI is InChI=1S/C16H23F2NO/c1-12(2)10-19-11-16(3-5-20-6-4-16)13-7-14(17)9-15(18)8-13/h7-9,12,19H,3-6,10-11H2,1-2H3. The highest BCUT2D eigenvalue weighted by Crippen LogP contribution is 2.35. The van der Waals surface area contributed by atoms with Crippen LogP contribution in [0.4, 0.5) is 8.78 Å². The highest BCUT2D eigenvalue weighted by atomic mass is 19.1. The molecule has 0 amide bonds. The number of halogens is 2. The molecule has 0 spiro atoms. The van der Waals surface area contributed by atoms with Gasteiger partial charge in [-0.25, -0.2) is 8.78 Å². The Morgan fingerprint density at radius 1 is 1.15 bits per heavy atom. The first-order valence-corrected chi connectivity index (χ1v) is 7.27. The van der Waals surface area contributed by atoms with E-state index in [1.165, 1.54) is 12.1 Å². The van der Waals surface area contributed by atoms with E-state index in [9.17, 15) is 8.78 Å². The summed E-state index contributed by atoms with van der Waals surface area (Å²) >= 11 is 0. The first-order valence-electron chi connectivity index (χ1n) is 7.27. The fraction of sp³-hybridized carbons (Fsp3) is 0.625. The molecular weight excluding hydrogens is 260 g/mol. The largest absolute Gasteiger partial charge is 0.381 e. The highest BCUT2D eigenvalue weighted by Gasteiger charge is 2.34. The second kappa shape index (κ2) is 6.64. The predicted octanol–water partition coefficient (Wildman–Crippen LogP) is 3.26. The second-order valence-electron chi connectivity index (χ2n) is 6.08. The first kappa shape index (κ1) is 15.4. The second-order valence-corrected chi connectivity index (χ2v) is 6.08. The summed E-state index contributed by atoms with van der Waals surface area (Å²) in [5, 5.41) is 3.43. The Bertz CT molecular complexity index is 422. The van der Waals surface area contributed by atoms with E-state index in [2.05, 4.69) is 19.2 Å². The van der Waals surface area contributed by atoms with Gasteiger partial charge in [-0.2, -0.15) is 0 Å². The lowest BCUT2D eigenvalue weighted by atomic mass is 9.74. The van der Waals surface area contributed by atoms with E-state index in [0.29, 0.717) is 19.1 Å². The summed E-state index contributed by atoms with van der Waals surface area (Å²) in [5.74, 6) is -0.458. The minimum Gasteiger partial charge on any atom is -0.381 e. The van der Waals surface area contributed by atoms with Gasteiger partial charge in [-0.1, -0.05) is 13.8 Å². The zero-order valence-corrected chi connectivity index (χ0v) is 12.2. The Morgan fingerprint density at radius 2 is 1.75 bits per heavy atom. The van der Waals surface area contributed by atoms with Gasteiger partial charge < -0.3 is 10.1 Å². The van der Waals surface area contributed by atoms with Crippen molar-refractivity contribution >= 4 is 0 Å². The molecule has 0 aliphatic carbocycles. The molecule has 0 atom stereocenters. The maximum absolute atomic E-state index is 13.5. The molecule has 2 rings (SSSR count). The number of benzene rings is 1. The molecule has 0 unspecified atom stereocenters. The smallest absolute Gasteiger partial charge is 0.126 e. The lowest BCUT2D eigenvalue weighted by molar-refractivity contribution is 0.0495. The van der Waals surface area contributed by atoms with E-state index in [-0.39, 0.29) is 5.41 Å². The fourth-order valence-corrected chi connectivity index (χ4v) is 2.79. The van der Waals surface area contributed by atoms with Crippen LogP contribution >= 0.6 is 0 Å². The van der Waals surface area contributed by atoms with Gasteiger partial charge in [-0.15, -0.1) is 0 Å². The zero-order valence-electron chi connectivity index (χ0n) is 12.2. The van der Waals surface area contributed by atoms with Crippen molar-refractivity contribution in [1.82, 2.24) is 5.32 Å². The molecule has 1 aromatic rings. The summed E-state index contributed by atoms with van der Waals surface area (Å²) in [5.41, 5.74) is 0.519. The van der Waals surface area contributed by atoms with Crippen LogP contribution in [0.3, 0.4) is 0 Å². The molecule has 112 valence electrons. The summed E-state index contributed by atoms with van der Waals surface area (Å²) in [7, 11) is 0. The van der Waals surface area contributed by atoms with Crippen molar-refractivity contribution < 1.29 is 13.5 Å². The summed E-state index contributed by atoms with van der Waals surface area (Å²) in [6, 6.07) is 3.86. The van der Waals surface area contributed by atoms with Crippen LogP contribution in [0, 0.1) is 17.6 Å². The van der Waals surface area contributed by atoms with Crippen molar-refractivity contribution in [3.63, 3.8) is 0 Å². The fourth-order valence-electron chi connectivity index (χ4n) is 2.79. The molecule has 1 N–H and O–H groups in total. The van der Waals surface area contributed by atoms with E-state index < -0.39 is 11.6 Å². The quantitative estimate of drug-likeness (QED) is 0.895. The van der Waals surface area contributed by atoms with E-state index in [1.807, 2.05) is 0 Å². The van der Waals surface area contributed by atoms with E-state index in [0.717, 1.165) is 37.6 Å². The number of hydrogen-bond donors (Lipinski definition) is 1. The Hall–Kier alpha value is -1.00. The minimum atomic E-state index is -0.505. The normalized spacial score (nSPS) is 18.4. The van der Waals surface area contributed by atoms with E-state index in [1.54, 1.807) is 0 Å². The van der Waals surface area contributed by atoms with Gasteiger partial charge in [0.2, 0.25) is 0 Å². The number of ether oxygens (including phenoxy) is 1. The van der Waals surface area contributed by atoms with Gasteiger partial charge in [0, 0.05) is 31.2 Å². The maximum atomic E-state index is 13.5. The first-order chi connectivity index (χ1) is 9.52. The molecule has 0 aromatic heterocycles. The number of rotatable bonds is 5. The molecule has 0 radical (unpaired) electrons. The predicted molar refractivity (Wildman–Crippen MR) is 75.8 cm³/mol. The van der Waals surface area contributed by atoms with Gasteiger partial charge in [-0.3, -0.25) is 0 Å². The molecule has 0 saturated carbocycles. The SMILES string of the molecule is CC(C)CNCC1(c2cc(F)cc(F)c2)CCOCC1. The number of hydrogen-bond acceptors (Lipinski definition) is 2. The van der Waals surface area contributed by atoms with Crippen molar-refractivity contribution in [2.45, 2.75) is 32.1 Å². The monoisotopic (exact) mass is 283 g/mol. The van der Waals surface area contributed by atoms with Crippen LogP contribution in [-0.4, -0.2) is 26.3 Å². The third-order valence-electron chi connectivity index (χ3n) is 3.94. The summed E-state index contributed by atoms with van der Waals surface area (Å²) < 4.78 is 32.4. The van der Waals surface area contributed by atoms with Crippen LogP contribution in [0.1, 0.15) is 32.3 Å². The van der Waals surface area contributed by atoms with Crippen molar-refractivity contribution in [1.29, 1.82) is 0 Å². The van der Waals surface area contributed by atoms with Gasteiger partial charge in [0.15, 0.2) is 0 Å². The molecule has 0 bridgehead atoms. The molecule has 4 heteroatoms. The van der Waals surface area contributed by atoms with Gasteiger partial charge >= 0.3 is 0 Å². The van der Waals surface area contributed by atoms with Crippen LogP contribution in [0.25, 0.3) is 0 Å². The Kier molecular flexibility index (Phi) is 5.11. The highest BCUT2D eigenvalue weighted by molar-refractivity contribution is 5.28. The van der Waals surface area contributed by atoms with Gasteiger partial charge in [-0.05, 0) is 43.0 Å². The molecule has 1 heterocycles. The summed E-state index contributed by atoms with van der Waals surface area (Å²) in [6.07, 6.45) is 1.59. The van der Waals surface area contributed by atoms with Crippen molar-refractivity contribution in [2.75, 3.05) is 26.3 Å². The molecule has 1 fully saturated rings. The average molecular weight is 283 g/mol.